The minimum absolute atomic E-state index is 0.0713. The lowest BCUT2D eigenvalue weighted by molar-refractivity contribution is -0.141. The van der Waals surface area contributed by atoms with Crippen molar-refractivity contribution in [3.8, 4) is 0 Å². The number of urea groups is 1. The van der Waals surface area contributed by atoms with Crippen LogP contribution in [0.25, 0.3) is 0 Å². The summed E-state index contributed by atoms with van der Waals surface area (Å²) in [7, 11) is 0. The number of hydrogen-bond donors (Lipinski definition) is 3. The molecule has 2 fully saturated rings. The number of rotatable bonds is 4. The second-order valence-electron chi connectivity index (χ2n) is 5.56. The van der Waals surface area contributed by atoms with E-state index in [1.807, 2.05) is 0 Å². The number of amides is 3. The van der Waals surface area contributed by atoms with E-state index in [9.17, 15) is 14.4 Å². The topological polar surface area (TPSA) is 98.7 Å². The predicted molar refractivity (Wildman–Crippen MR) is 71.1 cm³/mol. The number of carboxylic acid groups (broad SMARTS) is 1. The molecule has 20 heavy (non-hydrogen) atoms. The molecule has 112 valence electrons. The third kappa shape index (κ3) is 4.19. The summed E-state index contributed by atoms with van der Waals surface area (Å²) in [5, 5.41) is 14.0. The average Bonchev–Trinajstić information content (AvgIpc) is 2.99. The normalized spacial score (nSPS) is 23.7. The van der Waals surface area contributed by atoms with E-state index in [2.05, 4.69) is 10.6 Å². The largest absolute Gasteiger partial charge is 0.481 e. The maximum absolute atomic E-state index is 11.7. The van der Waals surface area contributed by atoms with Gasteiger partial charge in [0.05, 0.1) is 12.5 Å². The Kier molecular flexibility index (Phi) is 4.94. The number of likely N-dealkylation sites (tertiary alicyclic amines) is 1. The summed E-state index contributed by atoms with van der Waals surface area (Å²) < 4.78 is 0. The number of carbonyl (C=O) groups excluding carboxylic acids is 2. The lowest BCUT2D eigenvalue weighted by Gasteiger charge is -2.16. The number of carbonyl (C=O) groups is 3. The summed E-state index contributed by atoms with van der Waals surface area (Å²) in [6.07, 6.45) is 4.71. The molecule has 0 aromatic carbocycles. The van der Waals surface area contributed by atoms with E-state index < -0.39 is 17.9 Å². The number of carboxylic acids is 1. The standard InChI is InChI=1S/C13H21N3O4/c17-11(8-16-6-5-9(7-16)12(18)19)15-13(20)14-10-3-1-2-4-10/h9-10H,1-8H2,(H,18,19)(H2,14,15,17,20). The molecule has 1 aliphatic heterocycles. The number of nitrogens with one attached hydrogen (secondary N) is 2. The van der Waals surface area contributed by atoms with Crippen LogP contribution in [0.15, 0.2) is 0 Å². The fourth-order valence-corrected chi connectivity index (χ4v) is 2.84. The Hall–Kier alpha value is -1.63. The van der Waals surface area contributed by atoms with Crippen LogP contribution < -0.4 is 10.6 Å². The van der Waals surface area contributed by atoms with Crippen molar-refractivity contribution in [3.05, 3.63) is 0 Å². The zero-order chi connectivity index (χ0) is 14.5. The second kappa shape index (κ2) is 6.69. The van der Waals surface area contributed by atoms with Gasteiger partial charge in [-0.05, 0) is 25.8 Å². The van der Waals surface area contributed by atoms with Crippen molar-refractivity contribution >= 4 is 17.9 Å². The number of aliphatic carboxylic acids is 1. The highest BCUT2D eigenvalue weighted by Gasteiger charge is 2.29. The van der Waals surface area contributed by atoms with Gasteiger partial charge in [0.25, 0.3) is 0 Å². The first kappa shape index (κ1) is 14.8. The molecule has 1 saturated carbocycles. The minimum Gasteiger partial charge on any atom is -0.481 e. The Morgan fingerprint density at radius 1 is 1.15 bits per heavy atom. The summed E-state index contributed by atoms with van der Waals surface area (Å²) >= 11 is 0. The van der Waals surface area contributed by atoms with Crippen LogP contribution in [0.5, 0.6) is 0 Å². The monoisotopic (exact) mass is 283 g/mol. The van der Waals surface area contributed by atoms with E-state index in [-0.39, 0.29) is 18.5 Å². The molecule has 1 unspecified atom stereocenters. The van der Waals surface area contributed by atoms with Crippen molar-refractivity contribution in [2.24, 2.45) is 5.92 Å². The Balaban J connectivity index is 1.67. The molecule has 1 heterocycles. The van der Waals surface area contributed by atoms with Crippen LogP contribution in [0.1, 0.15) is 32.1 Å². The molecule has 2 aliphatic rings. The minimum atomic E-state index is -0.827. The van der Waals surface area contributed by atoms with Crippen LogP contribution in [0.3, 0.4) is 0 Å². The Bertz CT molecular complexity index is 393. The zero-order valence-corrected chi connectivity index (χ0v) is 11.4. The van der Waals surface area contributed by atoms with Gasteiger partial charge in [0.15, 0.2) is 0 Å². The first-order chi connectivity index (χ1) is 9.54. The molecule has 0 spiro atoms. The van der Waals surface area contributed by atoms with Crippen LogP contribution in [0.4, 0.5) is 4.79 Å². The summed E-state index contributed by atoms with van der Waals surface area (Å²) in [5.41, 5.74) is 0. The quantitative estimate of drug-likeness (QED) is 0.682. The molecule has 0 radical (unpaired) electrons. The number of imide groups is 1. The lowest BCUT2D eigenvalue weighted by atomic mass is 10.1. The van der Waals surface area contributed by atoms with Gasteiger partial charge in [-0.15, -0.1) is 0 Å². The summed E-state index contributed by atoms with van der Waals surface area (Å²) in [4.78, 5) is 35.9. The van der Waals surface area contributed by atoms with E-state index in [0.717, 1.165) is 25.7 Å². The smallest absolute Gasteiger partial charge is 0.321 e. The summed E-state index contributed by atoms with van der Waals surface area (Å²) in [6.45, 7) is 1.02. The Labute approximate surface area is 117 Å². The summed E-state index contributed by atoms with van der Waals surface area (Å²) in [5.74, 6) is -1.62. The van der Waals surface area contributed by atoms with Gasteiger partial charge in [0.1, 0.15) is 0 Å². The molecule has 7 heteroatoms. The third-order valence-electron chi connectivity index (χ3n) is 3.93. The first-order valence-corrected chi connectivity index (χ1v) is 7.10. The van der Waals surface area contributed by atoms with Crippen LogP contribution in [-0.2, 0) is 9.59 Å². The van der Waals surface area contributed by atoms with Gasteiger partial charge in [-0.25, -0.2) is 4.79 Å². The molecule has 7 nitrogen and oxygen atoms in total. The van der Waals surface area contributed by atoms with Crippen molar-refractivity contribution < 1.29 is 19.5 Å². The van der Waals surface area contributed by atoms with Crippen LogP contribution in [0.2, 0.25) is 0 Å². The molecule has 1 atom stereocenters. The van der Waals surface area contributed by atoms with Gasteiger partial charge >= 0.3 is 12.0 Å². The van der Waals surface area contributed by atoms with Gasteiger partial charge in [-0.1, -0.05) is 12.8 Å². The van der Waals surface area contributed by atoms with Crippen molar-refractivity contribution in [1.29, 1.82) is 0 Å². The van der Waals surface area contributed by atoms with E-state index in [0.29, 0.717) is 19.5 Å². The van der Waals surface area contributed by atoms with E-state index in [1.54, 1.807) is 4.90 Å². The number of hydrogen-bond acceptors (Lipinski definition) is 4. The molecule has 1 saturated heterocycles. The highest BCUT2D eigenvalue weighted by atomic mass is 16.4. The first-order valence-electron chi connectivity index (χ1n) is 7.10. The highest BCUT2D eigenvalue weighted by Crippen LogP contribution is 2.17. The Morgan fingerprint density at radius 2 is 1.85 bits per heavy atom. The fourth-order valence-electron chi connectivity index (χ4n) is 2.84. The van der Waals surface area contributed by atoms with E-state index >= 15 is 0 Å². The van der Waals surface area contributed by atoms with E-state index in [1.165, 1.54) is 0 Å². The predicted octanol–water partition coefficient (Wildman–Crippen LogP) is 0.161. The van der Waals surface area contributed by atoms with Crippen molar-refractivity contribution in [3.63, 3.8) is 0 Å². The maximum Gasteiger partial charge on any atom is 0.321 e. The molecule has 0 aromatic rings. The molecule has 0 bridgehead atoms. The fraction of sp³-hybridized carbons (Fsp3) is 0.769. The van der Waals surface area contributed by atoms with Crippen LogP contribution in [-0.4, -0.2) is 53.6 Å². The van der Waals surface area contributed by atoms with Crippen LogP contribution in [0, 0.1) is 5.92 Å². The third-order valence-corrected chi connectivity index (χ3v) is 3.93. The van der Waals surface area contributed by atoms with Crippen molar-refractivity contribution in [2.75, 3.05) is 19.6 Å². The molecule has 2 rings (SSSR count). The second-order valence-corrected chi connectivity index (χ2v) is 5.56. The zero-order valence-electron chi connectivity index (χ0n) is 11.4. The van der Waals surface area contributed by atoms with Gasteiger partial charge in [-0.3, -0.25) is 19.8 Å². The number of nitrogens with zero attached hydrogens (tertiary/aromatic N) is 1. The molecular formula is C13H21N3O4. The van der Waals surface area contributed by atoms with Gasteiger partial charge in [0.2, 0.25) is 5.91 Å². The van der Waals surface area contributed by atoms with E-state index in [4.69, 9.17) is 5.11 Å². The maximum atomic E-state index is 11.7. The SMILES string of the molecule is O=C(CN1CCC(C(=O)O)C1)NC(=O)NC1CCCC1. The Morgan fingerprint density at radius 3 is 2.45 bits per heavy atom. The highest BCUT2D eigenvalue weighted by molar-refractivity contribution is 5.95. The molecule has 1 aliphatic carbocycles. The average molecular weight is 283 g/mol. The molecule has 3 amide bonds. The molecule has 0 aromatic heterocycles. The van der Waals surface area contributed by atoms with Crippen LogP contribution >= 0.6 is 0 Å². The van der Waals surface area contributed by atoms with Gasteiger partial charge in [-0.2, -0.15) is 0 Å². The molecule has 3 N–H and O–H groups in total. The van der Waals surface area contributed by atoms with Gasteiger partial charge < -0.3 is 10.4 Å². The van der Waals surface area contributed by atoms with Gasteiger partial charge in [0, 0.05) is 12.6 Å². The molecular weight excluding hydrogens is 262 g/mol. The van der Waals surface area contributed by atoms with Crippen molar-refractivity contribution in [2.45, 2.75) is 38.1 Å². The lowest BCUT2D eigenvalue weighted by Crippen LogP contribution is -2.46. The van der Waals surface area contributed by atoms with Crippen molar-refractivity contribution in [1.82, 2.24) is 15.5 Å². The summed E-state index contributed by atoms with van der Waals surface area (Å²) in [6, 6.07) is -0.276.